The summed E-state index contributed by atoms with van der Waals surface area (Å²) in [7, 11) is 0. The van der Waals surface area contributed by atoms with Crippen molar-refractivity contribution in [3.8, 4) is 0 Å². The second-order valence-electron chi connectivity index (χ2n) is 4.44. The molecule has 0 radical (unpaired) electrons. The van der Waals surface area contributed by atoms with E-state index in [9.17, 15) is 0 Å². The Balaban J connectivity index is 1.70. The van der Waals surface area contributed by atoms with Gasteiger partial charge in [0.25, 0.3) is 0 Å². The smallest absolute Gasteiger partial charge is 0.163 e. The molecule has 1 unspecified atom stereocenters. The molecule has 0 saturated carbocycles. The predicted octanol–water partition coefficient (Wildman–Crippen LogP) is 1.32. The van der Waals surface area contributed by atoms with E-state index in [1.54, 1.807) is 6.20 Å². The highest BCUT2D eigenvalue weighted by Crippen LogP contribution is 2.21. The monoisotopic (exact) mass is 222 g/mol. The quantitative estimate of drug-likeness (QED) is 0.834. The Kier molecular flexibility index (Phi) is 3.53. The summed E-state index contributed by atoms with van der Waals surface area (Å²) in [5.41, 5.74) is 1.18. The first-order valence-corrected chi connectivity index (χ1v) is 5.57. The van der Waals surface area contributed by atoms with Crippen LogP contribution in [0.4, 0.5) is 0 Å². The fourth-order valence-corrected chi connectivity index (χ4v) is 1.74. The third-order valence-corrected chi connectivity index (χ3v) is 2.49. The van der Waals surface area contributed by atoms with Gasteiger partial charge < -0.3 is 14.8 Å². The molecule has 0 amide bonds. The molecule has 1 aliphatic rings. The van der Waals surface area contributed by atoms with Crippen LogP contribution in [0.25, 0.3) is 0 Å². The predicted molar refractivity (Wildman–Crippen MR) is 60.8 cm³/mol. The van der Waals surface area contributed by atoms with Gasteiger partial charge in [0.1, 0.15) is 0 Å². The number of rotatable bonds is 4. The van der Waals surface area contributed by atoms with Crippen molar-refractivity contribution in [3.63, 3.8) is 0 Å². The van der Waals surface area contributed by atoms with Gasteiger partial charge in [-0.2, -0.15) is 0 Å². The Bertz CT molecular complexity index is 327. The lowest BCUT2D eigenvalue weighted by Crippen LogP contribution is -2.30. The lowest BCUT2D eigenvalue weighted by atomic mass is 10.3. The zero-order chi connectivity index (χ0) is 11.4. The van der Waals surface area contributed by atoms with Crippen LogP contribution in [0.2, 0.25) is 0 Å². The van der Waals surface area contributed by atoms with Gasteiger partial charge in [0.15, 0.2) is 5.79 Å². The van der Waals surface area contributed by atoms with E-state index in [4.69, 9.17) is 9.47 Å². The van der Waals surface area contributed by atoms with E-state index in [0.29, 0.717) is 6.61 Å². The molecule has 4 nitrogen and oxygen atoms in total. The molecule has 1 aromatic rings. The number of nitrogens with zero attached hydrogens (tertiary/aromatic N) is 1. The van der Waals surface area contributed by atoms with Gasteiger partial charge in [-0.05, 0) is 25.5 Å². The lowest BCUT2D eigenvalue weighted by Gasteiger charge is -2.17. The molecular weight excluding hydrogens is 204 g/mol. The van der Waals surface area contributed by atoms with E-state index in [1.807, 2.05) is 26.1 Å². The van der Waals surface area contributed by atoms with Crippen LogP contribution in [-0.4, -0.2) is 30.0 Å². The van der Waals surface area contributed by atoms with Crippen molar-refractivity contribution in [1.29, 1.82) is 0 Å². The summed E-state index contributed by atoms with van der Waals surface area (Å²) in [5.74, 6) is -0.430. The van der Waals surface area contributed by atoms with Crippen LogP contribution >= 0.6 is 0 Å². The molecule has 88 valence electrons. The maximum Gasteiger partial charge on any atom is 0.163 e. The average molecular weight is 222 g/mol. The summed E-state index contributed by atoms with van der Waals surface area (Å²) >= 11 is 0. The standard InChI is InChI=1S/C12H18N2O2/c1-12(2)15-9-11(16-12)8-14-7-10-4-3-5-13-6-10/h3-6,11,14H,7-9H2,1-2H3. The number of hydrogen-bond acceptors (Lipinski definition) is 4. The molecule has 0 bridgehead atoms. The van der Waals surface area contributed by atoms with Crippen LogP contribution in [0.15, 0.2) is 24.5 Å². The van der Waals surface area contributed by atoms with Crippen molar-refractivity contribution in [2.75, 3.05) is 13.2 Å². The second kappa shape index (κ2) is 4.91. The van der Waals surface area contributed by atoms with Crippen LogP contribution in [0.3, 0.4) is 0 Å². The maximum absolute atomic E-state index is 5.69. The van der Waals surface area contributed by atoms with Gasteiger partial charge in [-0.25, -0.2) is 0 Å². The number of pyridine rings is 1. The van der Waals surface area contributed by atoms with Crippen molar-refractivity contribution in [2.45, 2.75) is 32.3 Å². The summed E-state index contributed by atoms with van der Waals surface area (Å²) in [6, 6.07) is 3.99. The van der Waals surface area contributed by atoms with Crippen LogP contribution in [0.1, 0.15) is 19.4 Å². The largest absolute Gasteiger partial charge is 0.348 e. The highest BCUT2D eigenvalue weighted by molar-refractivity contribution is 5.07. The summed E-state index contributed by atoms with van der Waals surface area (Å²) in [4.78, 5) is 4.06. The Morgan fingerprint density at radius 2 is 2.44 bits per heavy atom. The van der Waals surface area contributed by atoms with Gasteiger partial charge in [0, 0.05) is 25.5 Å². The molecule has 0 spiro atoms. The molecule has 0 aromatic carbocycles. The molecule has 1 aliphatic heterocycles. The van der Waals surface area contributed by atoms with Gasteiger partial charge >= 0.3 is 0 Å². The SMILES string of the molecule is CC1(C)OCC(CNCc2cccnc2)O1. The Labute approximate surface area is 96.0 Å². The zero-order valence-electron chi connectivity index (χ0n) is 9.77. The molecule has 1 aromatic heterocycles. The normalized spacial score (nSPS) is 23.5. The number of nitrogens with one attached hydrogen (secondary N) is 1. The Morgan fingerprint density at radius 1 is 1.56 bits per heavy atom. The van der Waals surface area contributed by atoms with Crippen LogP contribution in [-0.2, 0) is 16.0 Å². The third kappa shape index (κ3) is 3.27. The molecule has 1 fully saturated rings. The van der Waals surface area contributed by atoms with E-state index in [2.05, 4.69) is 16.4 Å². The lowest BCUT2D eigenvalue weighted by molar-refractivity contribution is -0.137. The molecule has 4 heteroatoms. The van der Waals surface area contributed by atoms with Gasteiger partial charge in [-0.15, -0.1) is 0 Å². The highest BCUT2D eigenvalue weighted by Gasteiger charge is 2.32. The van der Waals surface area contributed by atoms with Gasteiger partial charge in [0.05, 0.1) is 12.7 Å². The summed E-state index contributed by atoms with van der Waals surface area (Å²) in [6.45, 7) is 6.15. The maximum atomic E-state index is 5.69. The van der Waals surface area contributed by atoms with Crippen LogP contribution in [0.5, 0.6) is 0 Å². The van der Waals surface area contributed by atoms with Crippen molar-refractivity contribution in [1.82, 2.24) is 10.3 Å². The minimum atomic E-state index is -0.430. The van der Waals surface area contributed by atoms with E-state index in [-0.39, 0.29) is 6.10 Å². The second-order valence-corrected chi connectivity index (χ2v) is 4.44. The van der Waals surface area contributed by atoms with E-state index < -0.39 is 5.79 Å². The molecule has 2 rings (SSSR count). The molecule has 1 N–H and O–H groups in total. The van der Waals surface area contributed by atoms with Crippen molar-refractivity contribution in [3.05, 3.63) is 30.1 Å². The van der Waals surface area contributed by atoms with Gasteiger partial charge in [0.2, 0.25) is 0 Å². The average Bonchev–Trinajstić information content (AvgIpc) is 2.60. The molecule has 16 heavy (non-hydrogen) atoms. The fourth-order valence-electron chi connectivity index (χ4n) is 1.74. The molecule has 1 atom stereocenters. The van der Waals surface area contributed by atoms with Crippen LogP contribution < -0.4 is 5.32 Å². The van der Waals surface area contributed by atoms with Crippen molar-refractivity contribution < 1.29 is 9.47 Å². The number of aromatic nitrogens is 1. The minimum absolute atomic E-state index is 0.145. The highest BCUT2D eigenvalue weighted by atomic mass is 16.7. The first-order chi connectivity index (χ1) is 7.66. The molecule has 2 heterocycles. The first kappa shape index (κ1) is 11.5. The fraction of sp³-hybridized carbons (Fsp3) is 0.583. The van der Waals surface area contributed by atoms with E-state index in [1.165, 1.54) is 5.56 Å². The van der Waals surface area contributed by atoms with Crippen molar-refractivity contribution in [2.24, 2.45) is 0 Å². The molecule has 1 saturated heterocycles. The first-order valence-electron chi connectivity index (χ1n) is 5.57. The van der Waals surface area contributed by atoms with E-state index >= 15 is 0 Å². The number of ether oxygens (including phenoxy) is 2. The Morgan fingerprint density at radius 3 is 3.06 bits per heavy atom. The van der Waals surface area contributed by atoms with Crippen molar-refractivity contribution >= 4 is 0 Å². The topological polar surface area (TPSA) is 43.4 Å². The Hall–Kier alpha value is -0.970. The molecule has 0 aliphatic carbocycles. The van der Waals surface area contributed by atoms with Crippen LogP contribution in [0, 0.1) is 0 Å². The van der Waals surface area contributed by atoms with Gasteiger partial charge in [-0.3, -0.25) is 4.98 Å². The minimum Gasteiger partial charge on any atom is -0.348 e. The number of hydrogen-bond donors (Lipinski definition) is 1. The third-order valence-electron chi connectivity index (χ3n) is 2.49. The van der Waals surface area contributed by atoms with Gasteiger partial charge in [-0.1, -0.05) is 6.07 Å². The summed E-state index contributed by atoms with van der Waals surface area (Å²) in [5, 5.41) is 3.34. The summed E-state index contributed by atoms with van der Waals surface area (Å²) in [6.07, 6.45) is 3.79. The molecular formula is C12H18N2O2. The summed E-state index contributed by atoms with van der Waals surface area (Å²) < 4.78 is 11.2. The zero-order valence-corrected chi connectivity index (χ0v) is 9.77. The van der Waals surface area contributed by atoms with E-state index in [0.717, 1.165) is 13.1 Å².